The van der Waals surface area contributed by atoms with Gasteiger partial charge in [-0.3, -0.25) is 0 Å². The molecule has 0 radical (unpaired) electrons. The zero-order chi connectivity index (χ0) is 12.4. The van der Waals surface area contributed by atoms with Crippen LogP contribution < -0.4 is 16.8 Å². The van der Waals surface area contributed by atoms with Crippen LogP contribution in [0.4, 0.5) is 23.0 Å². The molecule has 0 atom stereocenters. The van der Waals surface area contributed by atoms with E-state index < -0.39 is 0 Å². The molecule has 0 aliphatic heterocycles. The Bertz CT molecular complexity index is 557. The quantitative estimate of drug-likeness (QED) is 0.768. The van der Waals surface area contributed by atoms with E-state index in [-0.39, 0.29) is 0 Å². The number of nitrogens with one attached hydrogen (secondary N) is 1. The molecule has 1 aromatic carbocycles. The van der Waals surface area contributed by atoms with Crippen LogP contribution in [0.15, 0.2) is 39.3 Å². The van der Waals surface area contributed by atoms with Crippen LogP contribution in [-0.4, -0.2) is 4.98 Å². The lowest BCUT2D eigenvalue weighted by Gasteiger charge is -2.09. The van der Waals surface area contributed by atoms with E-state index in [9.17, 15) is 0 Å². The van der Waals surface area contributed by atoms with E-state index in [4.69, 9.17) is 11.5 Å². The van der Waals surface area contributed by atoms with Crippen molar-refractivity contribution in [2.75, 3.05) is 16.8 Å². The molecule has 0 unspecified atom stereocenters. The molecule has 0 saturated heterocycles. The minimum absolute atomic E-state index is 0.320. The molecule has 0 aliphatic carbocycles. The van der Waals surface area contributed by atoms with Crippen LogP contribution in [0.3, 0.4) is 0 Å². The lowest BCUT2D eigenvalue weighted by atomic mass is 10.3. The Morgan fingerprint density at radius 3 is 2.53 bits per heavy atom. The topological polar surface area (TPSA) is 77.0 Å². The normalized spacial score (nSPS) is 10.2. The van der Waals surface area contributed by atoms with Gasteiger partial charge in [-0.25, -0.2) is 4.98 Å². The SMILES string of the molecule is Nc1ccc(Nc2cc(Br)ccc2Br)nc1N. The maximum absolute atomic E-state index is 5.65. The van der Waals surface area contributed by atoms with Crippen LogP contribution in [-0.2, 0) is 0 Å². The second-order valence-corrected chi connectivity index (χ2v) is 5.19. The molecule has 1 heterocycles. The molecule has 0 spiro atoms. The van der Waals surface area contributed by atoms with Crippen molar-refractivity contribution in [3.05, 3.63) is 39.3 Å². The van der Waals surface area contributed by atoms with Crippen molar-refractivity contribution in [1.82, 2.24) is 4.98 Å². The van der Waals surface area contributed by atoms with E-state index in [1.165, 1.54) is 0 Å². The number of nitrogen functional groups attached to an aromatic ring is 2. The first-order valence-corrected chi connectivity index (χ1v) is 6.39. The third kappa shape index (κ3) is 2.89. The van der Waals surface area contributed by atoms with Crippen molar-refractivity contribution in [3.8, 4) is 0 Å². The van der Waals surface area contributed by atoms with Crippen LogP contribution in [0, 0.1) is 0 Å². The number of halogens is 2. The van der Waals surface area contributed by atoms with Crippen LogP contribution in [0.25, 0.3) is 0 Å². The lowest BCUT2D eigenvalue weighted by Crippen LogP contribution is -2.01. The van der Waals surface area contributed by atoms with Crippen molar-refractivity contribution >= 4 is 54.9 Å². The number of rotatable bonds is 2. The van der Waals surface area contributed by atoms with Crippen molar-refractivity contribution in [1.29, 1.82) is 0 Å². The second kappa shape index (κ2) is 4.93. The summed E-state index contributed by atoms with van der Waals surface area (Å²) in [5.74, 6) is 0.969. The molecule has 0 bridgehead atoms. The fraction of sp³-hybridized carbons (Fsp3) is 0. The first-order valence-electron chi connectivity index (χ1n) is 4.80. The molecular weight excluding hydrogens is 348 g/mol. The van der Waals surface area contributed by atoms with Crippen molar-refractivity contribution in [2.24, 2.45) is 0 Å². The number of nitrogens with two attached hydrogens (primary N) is 2. The number of hydrogen-bond acceptors (Lipinski definition) is 4. The minimum Gasteiger partial charge on any atom is -0.396 e. The van der Waals surface area contributed by atoms with Gasteiger partial charge in [-0.05, 0) is 46.3 Å². The van der Waals surface area contributed by atoms with Gasteiger partial charge in [0.25, 0.3) is 0 Å². The summed E-state index contributed by atoms with van der Waals surface area (Å²) in [7, 11) is 0. The van der Waals surface area contributed by atoms with Gasteiger partial charge in [0.05, 0.1) is 11.4 Å². The first-order chi connectivity index (χ1) is 8.06. The van der Waals surface area contributed by atoms with Crippen molar-refractivity contribution in [2.45, 2.75) is 0 Å². The summed E-state index contributed by atoms with van der Waals surface area (Å²) in [5, 5.41) is 3.16. The van der Waals surface area contributed by atoms with E-state index >= 15 is 0 Å². The monoisotopic (exact) mass is 356 g/mol. The molecule has 0 aliphatic rings. The van der Waals surface area contributed by atoms with E-state index in [2.05, 4.69) is 42.2 Å². The summed E-state index contributed by atoms with van der Waals surface area (Å²) >= 11 is 6.86. The van der Waals surface area contributed by atoms with Gasteiger partial charge in [0.2, 0.25) is 0 Å². The Kier molecular flexibility index (Phi) is 3.54. The Balaban J connectivity index is 2.31. The highest BCUT2D eigenvalue weighted by atomic mass is 79.9. The van der Waals surface area contributed by atoms with Crippen LogP contribution in [0.2, 0.25) is 0 Å². The number of hydrogen-bond donors (Lipinski definition) is 3. The maximum atomic E-state index is 5.65. The predicted octanol–water partition coefficient (Wildman–Crippen LogP) is 3.51. The molecule has 2 rings (SSSR count). The average molecular weight is 358 g/mol. The summed E-state index contributed by atoms with van der Waals surface area (Å²) in [6, 6.07) is 9.32. The number of nitrogens with zero attached hydrogens (tertiary/aromatic N) is 1. The third-order valence-corrected chi connectivity index (χ3v) is 3.33. The zero-order valence-electron chi connectivity index (χ0n) is 8.74. The van der Waals surface area contributed by atoms with E-state index in [1.54, 1.807) is 12.1 Å². The second-order valence-electron chi connectivity index (χ2n) is 3.42. The third-order valence-electron chi connectivity index (χ3n) is 2.15. The average Bonchev–Trinajstić information content (AvgIpc) is 2.29. The fourth-order valence-corrected chi connectivity index (χ4v) is 1.99. The Hall–Kier alpha value is -1.27. The van der Waals surface area contributed by atoms with Crippen LogP contribution in [0.1, 0.15) is 0 Å². The molecule has 0 fully saturated rings. The first kappa shape index (κ1) is 12.2. The highest BCUT2D eigenvalue weighted by Gasteiger charge is 2.03. The van der Waals surface area contributed by atoms with Crippen molar-refractivity contribution in [3.63, 3.8) is 0 Å². The van der Waals surface area contributed by atoms with E-state index in [0.717, 1.165) is 14.6 Å². The van der Waals surface area contributed by atoms with Gasteiger partial charge in [0.15, 0.2) is 0 Å². The van der Waals surface area contributed by atoms with Crippen molar-refractivity contribution < 1.29 is 0 Å². The molecule has 0 amide bonds. The largest absolute Gasteiger partial charge is 0.396 e. The molecule has 0 saturated carbocycles. The molecule has 4 nitrogen and oxygen atoms in total. The Morgan fingerprint density at radius 2 is 1.82 bits per heavy atom. The zero-order valence-corrected chi connectivity index (χ0v) is 11.9. The molecule has 1 aromatic heterocycles. The smallest absolute Gasteiger partial charge is 0.149 e. The summed E-state index contributed by atoms with van der Waals surface area (Å²) in [6.45, 7) is 0. The minimum atomic E-state index is 0.320. The summed E-state index contributed by atoms with van der Waals surface area (Å²) in [4.78, 5) is 4.14. The molecule has 5 N–H and O–H groups in total. The highest BCUT2D eigenvalue weighted by molar-refractivity contribution is 9.11. The predicted molar refractivity (Wildman–Crippen MR) is 78.2 cm³/mol. The number of anilines is 4. The van der Waals surface area contributed by atoms with Gasteiger partial charge in [-0.15, -0.1) is 0 Å². The molecule has 2 aromatic rings. The summed E-state index contributed by atoms with van der Waals surface area (Å²) < 4.78 is 1.92. The van der Waals surface area contributed by atoms with Gasteiger partial charge < -0.3 is 16.8 Å². The van der Waals surface area contributed by atoms with Gasteiger partial charge in [-0.2, -0.15) is 0 Å². The molecule has 17 heavy (non-hydrogen) atoms. The van der Waals surface area contributed by atoms with Gasteiger partial charge in [0.1, 0.15) is 11.6 Å². The van der Waals surface area contributed by atoms with Gasteiger partial charge in [0, 0.05) is 8.95 Å². The van der Waals surface area contributed by atoms with Gasteiger partial charge in [-0.1, -0.05) is 15.9 Å². The number of pyridine rings is 1. The summed E-state index contributed by atoms with van der Waals surface area (Å²) in [6.07, 6.45) is 0. The molecular formula is C11H10Br2N4. The molecule has 88 valence electrons. The fourth-order valence-electron chi connectivity index (χ4n) is 1.29. The van der Waals surface area contributed by atoms with E-state index in [0.29, 0.717) is 17.3 Å². The van der Waals surface area contributed by atoms with Gasteiger partial charge >= 0.3 is 0 Å². The summed E-state index contributed by atoms with van der Waals surface area (Å²) in [5.41, 5.74) is 12.6. The number of benzene rings is 1. The maximum Gasteiger partial charge on any atom is 0.149 e. The van der Waals surface area contributed by atoms with Crippen LogP contribution in [0.5, 0.6) is 0 Å². The van der Waals surface area contributed by atoms with Crippen LogP contribution >= 0.6 is 31.9 Å². The number of aromatic nitrogens is 1. The standard InChI is InChI=1S/C11H10Br2N4/c12-6-1-2-7(13)9(5-6)16-10-4-3-8(14)11(15)17-10/h1-5H,14H2,(H3,15,16,17). The molecule has 6 heteroatoms. The Morgan fingerprint density at radius 1 is 1.06 bits per heavy atom. The van der Waals surface area contributed by atoms with E-state index in [1.807, 2.05) is 18.2 Å². The lowest BCUT2D eigenvalue weighted by molar-refractivity contribution is 1.31. The Labute approximate surface area is 116 Å². The highest BCUT2D eigenvalue weighted by Crippen LogP contribution is 2.29.